The number of halogens is 3. The van der Waals surface area contributed by atoms with Crippen LogP contribution in [0.25, 0.3) is 0 Å². The molecule has 0 aliphatic carbocycles. The van der Waals surface area contributed by atoms with Gasteiger partial charge in [0.2, 0.25) is 5.96 Å². The van der Waals surface area contributed by atoms with E-state index in [1.807, 2.05) is 11.0 Å². The molecule has 39 heavy (non-hydrogen) atoms. The monoisotopic (exact) mass is 561 g/mol. The number of pyridine rings is 1. The Morgan fingerprint density at radius 3 is 2.49 bits per heavy atom. The van der Waals surface area contributed by atoms with Crippen LogP contribution in [-0.4, -0.2) is 67.3 Å². The van der Waals surface area contributed by atoms with E-state index < -0.39 is 23.8 Å². The lowest BCUT2D eigenvalue weighted by molar-refractivity contribution is -0.138. The predicted molar refractivity (Wildman–Crippen MR) is 141 cm³/mol. The highest BCUT2D eigenvalue weighted by Gasteiger charge is 2.40. The Morgan fingerprint density at radius 2 is 1.82 bits per heavy atom. The van der Waals surface area contributed by atoms with Gasteiger partial charge in [-0.3, -0.25) is 9.69 Å². The van der Waals surface area contributed by atoms with E-state index in [-0.39, 0.29) is 17.9 Å². The van der Waals surface area contributed by atoms with E-state index in [0.29, 0.717) is 48.5 Å². The minimum absolute atomic E-state index is 0.105. The number of hydrogen-bond acceptors (Lipinski definition) is 9. The first-order valence-electron chi connectivity index (χ1n) is 12.1. The number of methoxy groups -OCH3 is 2. The van der Waals surface area contributed by atoms with Crippen molar-refractivity contribution in [3.05, 3.63) is 58.4 Å². The summed E-state index contributed by atoms with van der Waals surface area (Å²) in [6, 6.07) is 7.83. The number of ether oxygens (including phenoxy) is 2. The van der Waals surface area contributed by atoms with Gasteiger partial charge in [0, 0.05) is 38.4 Å². The molecule has 3 aromatic rings. The summed E-state index contributed by atoms with van der Waals surface area (Å²) in [6.45, 7) is 2.09. The van der Waals surface area contributed by atoms with Crippen LogP contribution >= 0.6 is 11.3 Å². The summed E-state index contributed by atoms with van der Waals surface area (Å²) < 4.78 is 52.1. The molecule has 1 atom stereocenters. The lowest BCUT2D eigenvalue weighted by Gasteiger charge is -2.44. The van der Waals surface area contributed by atoms with Crippen LogP contribution in [0.4, 0.5) is 30.4 Å². The van der Waals surface area contributed by atoms with Gasteiger partial charge in [-0.25, -0.2) is 9.98 Å². The molecule has 1 fully saturated rings. The highest BCUT2D eigenvalue weighted by Crippen LogP contribution is 2.47. The zero-order chi connectivity index (χ0) is 27.7. The normalized spacial score (nSPS) is 17.5. The fraction of sp³-hybridized carbons (Fsp3) is 0.346. The number of thiophene rings is 1. The Balaban J connectivity index is 1.55. The summed E-state index contributed by atoms with van der Waals surface area (Å²) in [4.78, 5) is 27.5. The van der Waals surface area contributed by atoms with Crippen LogP contribution in [0.2, 0.25) is 0 Å². The number of benzene rings is 1. The second kappa shape index (κ2) is 10.6. The number of hydrogen-bond donors (Lipinski definition) is 1. The molecule has 2 aliphatic heterocycles. The van der Waals surface area contributed by atoms with Crippen LogP contribution < -0.4 is 19.3 Å². The van der Waals surface area contributed by atoms with E-state index in [1.54, 1.807) is 35.7 Å². The number of aromatic nitrogens is 1. The molecule has 2 aliphatic rings. The number of guanidine groups is 1. The minimum atomic E-state index is -4.60. The number of carboxylic acids is 1. The number of rotatable bonds is 6. The number of carbonyl (C=O) groups is 1. The molecule has 9 nitrogen and oxygen atoms in total. The number of alkyl halides is 3. The average Bonchev–Trinajstić information content (AvgIpc) is 3.41. The van der Waals surface area contributed by atoms with Crippen molar-refractivity contribution in [2.45, 2.75) is 18.6 Å². The van der Waals surface area contributed by atoms with Crippen LogP contribution in [0.15, 0.2) is 53.0 Å². The Bertz CT molecular complexity index is 1390. The van der Waals surface area contributed by atoms with Gasteiger partial charge < -0.3 is 24.4 Å². The number of aliphatic carboxylic acids is 1. The van der Waals surface area contributed by atoms with Gasteiger partial charge >= 0.3 is 12.1 Å². The second-order valence-corrected chi connectivity index (χ2v) is 9.93. The lowest BCUT2D eigenvalue weighted by atomic mass is 10.0. The Labute approximate surface area is 226 Å². The third kappa shape index (κ3) is 5.31. The van der Waals surface area contributed by atoms with E-state index in [2.05, 4.69) is 9.88 Å². The molecule has 1 aromatic carbocycles. The highest BCUT2D eigenvalue weighted by atomic mass is 32.1. The maximum atomic E-state index is 13.8. The first kappa shape index (κ1) is 26.6. The van der Waals surface area contributed by atoms with E-state index >= 15 is 0 Å². The van der Waals surface area contributed by atoms with E-state index in [0.717, 1.165) is 18.0 Å². The third-order valence-corrected chi connectivity index (χ3v) is 7.70. The Morgan fingerprint density at radius 1 is 1.08 bits per heavy atom. The van der Waals surface area contributed by atoms with Crippen molar-refractivity contribution in [2.75, 3.05) is 50.2 Å². The Hall–Kier alpha value is -4.00. The average molecular weight is 562 g/mol. The summed E-state index contributed by atoms with van der Waals surface area (Å²) in [5.41, 5.74) is -0.147. The molecule has 0 radical (unpaired) electrons. The lowest BCUT2D eigenvalue weighted by Crippen LogP contribution is -2.55. The van der Waals surface area contributed by atoms with Crippen molar-refractivity contribution in [2.24, 2.45) is 4.99 Å². The van der Waals surface area contributed by atoms with Crippen LogP contribution in [0.3, 0.4) is 0 Å². The third-order valence-electron chi connectivity index (χ3n) is 6.70. The predicted octanol–water partition coefficient (Wildman–Crippen LogP) is 5.02. The van der Waals surface area contributed by atoms with Gasteiger partial charge in [0.25, 0.3) is 0 Å². The summed E-state index contributed by atoms with van der Waals surface area (Å²) in [5, 5.41) is 11.6. The standard InChI is InChI=1S/C26H26F3N5O4S/c1-37-17-5-7-30-22(14-17)32-8-10-33(11-9-32)25-31-18-6-12-39-24(18)20(15-23(35)36)34(25)19-13-16(26(27,28)29)3-4-21(19)38-2/h3-7,12-14,20H,8-11,15H2,1-2H3,(H,35,36). The fourth-order valence-corrected chi connectivity index (χ4v) is 5.74. The molecule has 0 bridgehead atoms. The van der Waals surface area contributed by atoms with E-state index in [1.165, 1.54) is 24.5 Å². The van der Waals surface area contributed by atoms with Gasteiger partial charge in [0.15, 0.2) is 0 Å². The molecule has 5 rings (SSSR count). The first-order chi connectivity index (χ1) is 18.7. The number of anilines is 2. The van der Waals surface area contributed by atoms with Crippen molar-refractivity contribution in [1.82, 2.24) is 9.88 Å². The summed E-state index contributed by atoms with van der Waals surface area (Å²) in [6.07, 6.45) is -3.26. The first-order valence-corrected chi connectivity index (χ1v) is 13.0. The minimum Gasteiger partial charge on any atom is -0.497 e. The quantitative estimate of drug-likeness (QED) is 0.449. The second-order valence-electron chi connectivity index (χ2n) is 8.98. The van der Waals surface area contributed by atoms with Gasteiger partial charge in [-0.05, 0) is 35.7 Å². The number of carboxylic acid groups (broad SMARTS) is 1. The molecule has 13 heteroatoms. The molecule has 0 saturated carbocycles. The van der Waals surface area contributed by atoms with Crippen LogP contribution in [0, 0.1) is 0 Å². The highest BCUT2D eigenvalue weighted by molar-refractivity contribution is 7.10. The molecule has 2 aromatic heterocycles. The molecular formula is C26H26F3N5O4S. The fourth-order valence-electron chi connectivity index (χ4n) is 4.81. The summed E-state index contributed by atoms with van der Waals surface area (Å²) in [7, 11) is 2.96. The van der Waals surface area contributed by atoms with Crippen molar-refractivity contribution in [1.29, 1.82) is 0 Å². The van der Waals surface area contributed by atoms with Crippen molar-refractivity contribution >= 4 is 40.5 Å². The molecular weight excluding hydrogens is 535 g/mol. The van der Waals surface area contributed by atoms with Crippen LogP contribution in [0.1, 0.15) is 22.9 Å². The zero-order valence-corrected chi connectivity index (χ0v) is 22.0. The van der Waals surface area contributed by atoms with Crippen molar-refractivity contribution in [3.63, 3.8) is 0 Å². The zero-order valence-electron chi connectivity index (χ0n) is 21.2. The number of fused-ring (bicyclic) bond motifs is 1. The number of nitrogens with zero attached hydrogens (tertiary/aromatic N) is 5. The van der Waals surface area contributed by atoms with E-state index in [4.69, 9.17) is 14.5 Å². The van der Waals surface area contributed by atoms with Crippen LogP contribution in [0.5, 0.6) is 11.5 Å². The maximum absolute atomic E-state index is 13.8. The van der Waals surface area contributed by atoms with E-state index in [9.17, 15) is 23.1 Å². The number of aliphatic imine (C=N–C) groups is 1. The van der Waals surface area contributed by atoms with Crippen molar-refractivity contribution in [3.8, 4) is 11.5 Å². The maximum Gasteiger partial charge on any atom is 0.416 e. The SMILES string of the molecule is COc1ccnc(N2CCN(C3=Nc4ccsc4C(CC(=O)O)N3c3cc(C(F)(F)F)ccc3OC)CC2)c1. The van der Waals surface area contributed by atoms with Gasteiger partial charge in [0.1, 0.15) is 17.3 Å². The summed E-state index contributed by atoms with van der Waals surface area (Å²) >= 11 is 1.32. The molecule has 4 heterocycles. The van der Waals surface area contributed by atoms with Gasteiger partial charge in [-0.1, -0.05) is 0 Å². The van der Waals surface area contributed by atoms with Crippen LogP contribution in [-0.2, 0) is 11.0 Å². The molecule has 1 saturated heterocycles. The summed E-state index contributed by atoms with van der Waals surface area (Å²) in [5.74, 6) is 0.919. The molecule has 206 valence electrons. The largest absolute Gasteiger partial charge is 0.497 e. The van der Waals surface area contributed by atoms with Gasteiger partial charge in [-0.2, -0.15) is 13.2 Å². The molecule has 0 spiro atoms. The molecule has 1 N–H and O–H groups in total. The number of piperazine rings is 1. The van der Waals surface area contributed by atoms with Crippen molar-refractivity contribution < 1.29 is 32.5 Å². The molecule has 1 unspecified atom stereocenters. The molecule has 0 amide bonds. The Kier molecular flexibility index (Phi) is 7.25. The smallest absolute Gasteiger partial charge is 0.416 e. The van der Waals surface area contributed by atoms with Gasteiger partial charge in [-0.15, -0.1) is 11.3 Å². The topological polar surface area (TPSA) is 90.7 Å². The van der Waals surface area contributed by atoms with Gasteiger partial charge in [0.05, 0.1) is 48.5 Å².